The van der Waals surface area contributed by atoms with Crippen molar-refractivity contribution in [3.8, 4) is 5.75 Å². The van der Waals surface area contributed by atoms with Gasteiger partial charge in [0.1, 0.15) is 11.3 Å². The van der Waals surface area contributed by atoms with Gasteiger partial charge in [0, 0.05) is 16.9 Å². The zero-order valence-electron chi connectivity index (χ0n) is 22.1. The molecular formula is C32H33ClN2O3S. The number of benzene rings is 2. The Balaban J connectivity index is 1.19. The summed E-state index contributed by atoms with van der Waals surface area (Å²) in [6.07, 6.45) is 8.24. The Labute approximate surface area is 238 Å². The number of hydrogen-bond donors (Lipinski definition) is 1. The zero-order valence-corrected chi connectivity index (χ0v) is 23.7. The minimum absolute atomic E-state index is 0.0574. The topological polar surface area (TPSA) is 60.5 Å². The Morgan fingerprint density at radius 3 is 2.77 bits per heavy atom. The summed E-state index contributed by atoms with van der Waals surface area (Å²) in [5.74, 6) is 1.23. The standard InChI is InChI=1S/C32H33ClN2O3S/c1-37-30(36)32(35-25-9-4-8-24(33)21-25)15-13-31(14-16-32)23(20-22-6-2-3-10-26(22)31)7-5-18-38-28-11-17-34-27-12-19-39-29(27)28/h2-4,6,8-12,17,19,21,23,35H,5,7,13-16,18,20H2,1H3/t23-,31?,32?/m0/s1. The largest absolute Gasteiger partial charge is 0.492 e. The number of anilines is 1. The van der Waals surface area contributed by atoms with E-state index in [9.17, 15) is 4.79 Å². The number of nitrogens with one attached hydrogen (secondary N) is 1. The number of ether oxygens (including phenoxy) is 2. The van der Waals surface area contributed by atoms with E-state index in [1.54, 1.807) is 11.3 Å². The molecule has 2 aromatic carbocycles. The van der Waals surface area contributed by atoms with E-state index in [0.29, 0.717) is 30.4 Å². The van der Waals surface area contributed by atoms with Gasteiger partial charge >= 0.3 is 5.97 Å². The number of thiophene rings is 1. The Bertz CT molecular complexity index is 1480. The van der Waals surface area contributed by atoms with E-state index in [4.69, 9.17) is 21.1 Å². The van der Waals surface area contributed by atoms with Gasteiger partial charge in [-0.05, 0) is 103 Å². The molecule has 4 aromatic rings. The number of aromatic nitrogens is 1. The van der Waals surface area contributed by atoms with E-state index < -0.39 is 5.54 Å². The molecule has 1 spiro atoms. The van der Waals surface area contributed by atoms with Crippen molar-refractivity contribution in [3.63, 3.8) is 0 Å². The lowest BCUT2D eigenvalue weighted by Crippen LogP contribution is -2.53. The molecule has 0 saturated heterocycles. The molecule has 2 aliphatic rings. The molecule has 0 unspecified atom stereocenters. The molecule has 0 bridgehead atoms. The predicted octanol–water partition coefficient (Wildman–Crippen LogP) is 7.82. The van der Waals surface area contributed by atoms with Crippen molar-refractivity contribution in [2.75, 3.05) is 19.0 Å². The van der Waals surface area contributed by atoms with E-state index in [2.05, 4.69) is 39.9 Å². The van der Waals surface area contributed by atoms with Crippen LogP contribution < -0.4 is 10.1 Å². The van der Waals surface area contributed by atoms with Crippen molar-refractivity contribution < 1.29 is 14.3 Å². The summed E-state index contributed by atoms with van der Waals surface area (Å²) < 4.78 is 12.7. The van der Waals surface area contributed by atoms with Gasteiger partial charge in [-0.1, -0.05) is 41.9 Å². The van der Waals surface area contributed by atoms with Crippen LogP contribution >= 0.6 is 22.9 Å². The molecule has 0 aliphatic heterocycles. The summed E-state index contributed by atoms with van der Waals surface area (Å²) in [6, 6.07) is 20.5. The fraction of sp³-hybridized carbons (Fsp3) is 0.375. The van der Waals surface area contributed by atoms with Crippen molar-refractivity contribution in [2.24, 2.45) is 5.92 Å². The van der Waals surface area contributed by atoms with E-state index >= 15 is 0 Å². The maximum absolute atomic E-state index is 13.2. The predicted molar refractivity (Wildman–Crippen MR) is 158 cm³/mol. The molecule has 2 heterocycles. The van der Waals surface area contributed by atoms with Crippen LogP contribution in [0, 0.1) is 5.92 Å². The van der Waals surface area contributed by atoms with Crippen LogP contribution in [-0.2, 0) is 21.4 Å². The molecule has 5 nitrogen and oxygen atoms in total. The van der Waals surface area contributed by atoms with Crippen LogP contribution in [0.25, 0.3) is 10.2 Å². The first kappa shape index (κ1) is 26.1. The number of methoxy groups -OCH3 is 1. The lowest BCUT2D eigenvalue weighted by atomic mass is 9.60. The highest BCUT2D eigenvalue weighted by Gasteiger charge is 2.54. The highest BCUT2D eigenvalue weighted by Crippen LogP contribution is 2.55. The van der Waals surface area contributed by atoms with Crippen LogP contribution in [-0.4, -0.2) is 30.2 Å². The van der Waals surface area contributed by atoms with Crippen molar-refractivity contribution >= 4 is 44.8 Å². The molecule has 202 valence electrons. The number of pyridine rings is 1. The summed E-state index contributed by atoms with van der Waals surface area (Å²) in [7, 11) is 1.48. The number of hydrogen-bond acceptors (Lipinski definition) is 6. The van der Waals surface area contributed by atoms with Crippen LogP contribution in [0.15, 0.2) is 72.2 Å². The van der Waals surface area contributed by atoms with Gasteiger partial charge in [-0.25, -0.2) is 4.79 Å². The minimum atomic E-state index is -0.761. The SMILES string of the molecule is COC(=O)C1(Nc2cccc(Cl)c2)CCC2(CC1)c1ccccc1C[C@@H]2CCCOc1ccnc2ccsc12. The summed E-state index contributed by atoms with van der Waals surface area (Å²) in [6.45, 7) is 0.683. The fourth-order valence-electron chi connectivity index (χ4n) is 6.94. The van der Waals surface area contributed by atoms with E-state index in [1.807, 2.05) is 42.6 Å². The Morgan fingerprint density at radius 2 is 1.95 bits per heavy atom. The number of fused-ring (bicyclic) bond motifs is 3. The number of carbonyl (C=O) groups excluding carboxylic acids is 1. The van der Waals surface area contributed by atoms with Crippen molar-refractivity contribution in [1.82, 2.24) is 4.98 Å². The molecule has 39 heavy (non-hydrogen) atoms. The molecule has 0 amide bonds. The first-order chi connectivity index (χ1) is 19.0. The van der Waals surface area contributed by atoms with Gasteiger partial charge in [-0.2, -0.15) is 0 Å². The zero-order chi connectivity index (χ0) is 26.9. The second-order valence-electron chi connectivity index (χ2n) is 10.9. The van der Waals surface area contributed by atoms with Gasteiger partial charge < -0.3 is 14.8 Å². The van der Waals surface area contributed by atoms with Gasteiger partial charge in [0.2, 0.25) is 0 Å². The van der Waals surface area contributed by atoms with Gasteiger partial charge in [-0.3, -0.25) is 4.98 Å². The molecular weight excluding hydrogens is 528 g/mol. The number of nitrogens with zero attached hydrogens (tertiary/aromatic N) is 1. The van der Waals surface area contributed by atoms with Crippen molar-refractivity contribution in [1.29, 1.82) is 0 Å². The number of rotatable bonds is 8. The van der Waals surface area contributed by atoms with Gasteiger partial charge in [0.15, 0.2) is 0 Å². The molecule has 0 radical (unpaired) electrons. The van der Waals surface area contributed by atoms with E-state index in [-0.39, 0.29) is 11.4 Å². The van der Waals surface area contributed by atoms with Gasteiger partial charge in [0.25, 0.3) is 0 Å². The second kappa shape index (κ2) is 10.8. The molecule has 1 atom stereocenters. The Hall–Kier alpha value is -3.09. The third-order valence-electron chi connectivity index (χ3n) is 8.84. The summed E-state index contributed by atoms with van der Waals surface area (Å²) in [5.41, 5.74) is 4.05. The average Bonchev–Trinajstić information content (AvgIpc) is 3.56. The molecule has 7 heteroatoms. The van der Waals surface area contributed by atoms with Crippen LogP contribution in [0.4, 0.5) is 5.69 Å². The van der Waals surface area contributed by atoms with Crippen LogP contribution in [0.2, 0.25) is 5.02 Å². The van der Waals surface area contributed by atoms with Gasteiger partial charge in [0.05, 0.1) is 23.9 Å². The molecule has 6 rings (SSSR count). The second-order valence-corrected chi connectivity index (χ2v) is 12.2. The lowest BCUT2D eigenvalue weighted by Gasteiger charge is -2.47. The highest BCUT2D eigenvalue weighted by atomic mass is 35.5. The number of esters is 1. The average molecular weight is 561 g/mol. The van der Waals surface area contributed by atoms with Crippen LogP contribution in [0.1, 0.15) is 49.7 Å². The molecule has 1 N–H and O–H groups in total. The van der Waals surface area contributed by atoms with Crippen molar-refractivity contribution in [3.05, 3.63) is 88.4 Å². The monoisotopic (exact) mass is 560 g/mol. The summed E-state index contributed by atoms with van der Waals surface area (Å²) >= 11 is 7.92. The molecule has 1 saturated carbocycles. The van der Waals surface area contributed by atoms with Crippen LogP contribution in [0.5, 0.6) is 5.75 Å². The highest BCUT2D eigenvalue weighted by molar-refractivity contribution is 7.17. The Morgan fingerprint density at radius 1 is 1.10 bits per heavy atom. The minimum Gasteiger partial charge on any atom is -0.492 e. The molecule has 1 fully saturated rings. The van der Waals surface area contributed by atoms with E-state index in [1.165, 1.54) is 18.2 Å². The smallest absolute Gasteiger partial charge is 0.331 e. The summed E-state index contributed by atoms with van der Waals surface area (Å²) in [5, 5.41) is 6.23. The third kappa shape index (κ3) is 4.89. The lowest BCUT2D eigenvalue weighted by molar-refractivity contribution is -0.148. The fourth-order valence-corrected chi connectivity index (χ4v) is 7.94. The number of halogens is 1. The van der Waals surface area contributed by atoms with Crippen molar-refractivity contribution in [2.45, 2.75) is 55.9 Å². The first-order valence-electron chi connectivity index (χ1n) is 13.7. The number of carbonyl (C=O) groups is 1. The van der Waals surface area contributed by atoms with Gasteiger partial charge in [-0.15, -0.1) is 11.3 Å². The quantitative estimate of drug-likeness (QED) is 0.176. The Kier molecular flexibility index (Phi) is 7.25. The summed E-state index contributed by atoms with van der Waals surface area (Å²) in [4.78, 5) is 17.6. The first-order valence-corrected chi connectivity index (χ1v) is 14.9. The maximum Gasteiger partial charge on any atom is 0.331 e. The normalized spacial score (nSPS) is 24.0. The van der Waals surface area contributed by atoms with E-state index in [0.717, 1.165) is 53.8 Å². The third-order valence-corrected chi connectivity index (χ3v) is 10.00. The molecule has 2 aromatic heterocycles. The maximum atomic E-state index is 13.2. The van der Waals surface area contributed by atoms with Crippen LogP contribution in [0.3, 0.4) is 0 Å². The molecule has 2 aliphatic carbocycles.